The fraction of sp³-hybridized carbons (Fsp3) is 0.200. The van der Waals surface area contributed by atoms with Gasteiger partial charge >= 0.3 is 138 Å². The van der Waals surface area contributed by atoms with Crippen LogP contribution < -0.4 is 28.1 Å². The molecule has 23 heavy (non-hydrogen) atoms. The van der Waals surface area contributed by atoms with Gasteiger partial charge in [-0.2, -0.15) is 0 Å². The second kappa shape index (κ2) is 7.10. The van der Waals surface area contributed by atoms with Crippen LogP contribution in [-0.4, -0.2) is 0 Å². The van der Waals surface area contributed by atoms with Crippen LogP contribution in [0.4, 0.5) is 0 Å². The van der Waals surface area contributed by atoms with Crippen molar-refractivity contribution in [1.82, 2.24) is 0 Å². The van der Waals surface area contributed by atoms with E-state index in [2.05, 4.69) is 74.5 Å². The Hall–Kier alpha value is -0.617. The molecule has 116 valence electrons. The molecule has 0 N–H and O–H groups in total. The predicted molar refractivity (Wildman–Crippen MR) is 85.6 cm³/mol. The quantitative estimate of drug-likeness (QED) is 0.482. The van der Waals surface area contributed by atoms with Crippen LogP contribution in [0.15, 0.2) is 66.3 Å². The van der Waals surface area contributed by atoms with Crippen molar-refractivity contribution in [1.29, 1.82) is 0 Å². The van der Waals surface area contributed by atoms with Crippen LogP contribution in [0.25, 0.3) is 11.1 Å². The van der Waals surface area contributed by atoms with Crippen LogP contribution >= 0.6 is 0 Å². The van der Waals surface area contributed by atoms with Crippen molar-refractivity contribution in [3.05, 3.63) is 77.4 Å². The van der Waals surface area contributed by atoms with Gasteiger partial charge in [0, 0.05) is 0 Å². The van der Waals surface area contributed by atoms with Gasteiger partial charge in [0.05, 0.1) is 0 Å². The minimum Gasteiger partial charge on any atom is -1.00 e. The molecular formula is C20H18Cl2Zr. The first-order chi connectivity index (χ1) is 10.2. The first kappa shape index (κ1) is 18.7. The summed E-state index contributed by atoms with van der Waals surface area (Å²) in [6.07, 6.45) is 8.09. The molecule has 2 aliphatic carbocycles. The van der Waals surface area contributed by atoms with Gasteiger partial charge in [0.25, 0.3) is 0 Å². The largest absolute Gasteiger partial charge is 1.00 e. The Bertz CT molecular complexity index is 792. The summed E-state index contributed by atoms with van der Waals surface area (Å²) in [7, 11) is 0. The molecule has 1 unspecified atom stereocenters. The van der Waals surface area contributed by atoms with Crippen molar-refractivity contribution in [3.63, 3.8) is 0 Å². The standard InChI is InChI=1S/C13H9.C7H9.2ClH.Zr/c1-3-7-12-10(5-1)9-11-6-2-4-8-13(11)12;1-6-4-3-5-7(6)2;;;/h1-5,7-8H,9H2;3-5H,1-2H3;2*1H;/q;;;;+2/p-2. The van der Waals surface area contributed by atoms with E-state index in [1.165, 1.54) is 16.7 Å². The number of hydrogen-bond acceptors (Lipinski definition) is 0. The first-order valence-corrected chi connectivity index (χ1v) is 9.98. The van der Waals surface area contributed by atoms with E-state index in [9.17, 15) is 0 Å². The Morgan fingerprint density at radius 1 is 0.957 bits per heavy atom. The van der Waals surface area contributed by atoms with Crippen molar-refractivity contribution < 1.29 is 48.0 Å². The van der Waals surface area contributed by atoms with Gasteiger partial charge in [0.1, 0.15) is 0 Å². The summed E-state index contributed by atoms with van der Waals surface area (Å²) in [6, 6.07) is 15.8. The van der Waals surface area contributed by atoms with Gasteiger partial charge < -0.3 is 24.8 Å². The van der Waals surface area contributed by atoms with Gasteiger partial charge in [0.15, 0.2) is 0 Å². The van der Waals surface area contributed by atoms with Gasteiger partial charge in [-0.3, -0.25) is 0 Å². The van der Waals surface area contributed by atoms with Gasteiger partial charge in [-0.25, -0.2) is 0 Å². The number of rotatable bonds is 2. The van der Waals surface area contributed by atoms with Crippen molar-refractivity contribution in [2.75, 3.05) is 0 Å². The number of hydrogen-bond donors (Lipinski definition) is 0. The fourth-order valence-corrected chi connectivity index (χ4v) is 7.25. The molecule has 0 aromatic heterocycles. The number of benzene rings is 2. The molecule has 0 heterocycles. The summed E-state index contributed by atoms with van der Waals surface area (Å²) < 4.78 is 2.03. The second-order valence-corrected chi connectivity index (χ2v) is 10.7. The Morgan fingerprint density at radius 2 is 1.70 bits per heavy atom. The average Bonchev–Trinajstić information content (AvgIpc) is 3.01. The average molecular weight is 420 g/mol. The van der Waals surface area contributed by atoms with Crippen LogP contribution in [0.2, 0.25) is 3.12 Å². The van der Waals surface area contributed by atoms with Crippen molar-refractivity contribution in [2.24, 2.45) is 0 Å². The van der Waals surface area contributed by atoms with Crippen LogP contribution in [0.5, 0.6) is 0 Å². The molecule has 0 radical (unpaired) electrons. The molecule has 3 heteroatoms. The molecule has 0 nitrogen and oxygen atoms in total. The minimum atomic E-state index is -0.700. The monoisotopic (exact) mass is 418 g/mol. The van der Waals surface area contributed by atoms with Crippen molar-refractivity contribution in [3.8, 4) is 11.1 Å². The molecule has 0 fully saturated rings. The van der Waals surface area contributed by atoms with Crippen molar-refractivity contribution in [2.45, 2.75) is 23.4 Å². The van der Waals surface area contributed by atoms with Gasteiger partial charge in [-0.1, -0.05) is 0 Å². The second-order valence-electron chi connectivity index (χ2n) is 6.20. The van der Waals surface area contributed by atoms with Crippen molar-refractivity contribution >= 4 is 3.27 Å². The number of allylic oxidation sites excluding steroid dienone is 4. The van der Waals surface area contributed by atoms with E-state index >= 15 is 0 Å². The van der Waals surface area contributed by atoms with E-state index in [4.69, 9.17) is 0 Å². The zero-order valence-electron chi connectivity index (χ0n) is 13.2. The molecule has 2 aliphatic rings. The first-order valence-electron chi connectivity index (χ1n) is 7.52. The molecule has 0 amide bonds. The molecule has 0 aliphatic heterocycles. The summed E-state index contributed by atoms with van der Waals surface area (Å²) in [6.45, 7) is 4.72. The Kier molecular flexibility index (Phi) is 5.77. The molecule has 0 saturated carbocycles. The molecule has 0 spiro atoms. The summed E-state index contributed by atoms with van der Waals surface area (Å²) in [5, 5.41) is 0. The maximum Gasteiger partial charge on any atom is -1.00 e. The molecule has 0 bridgehead atoms. The summed E-state index contributed by atoms with van der Waals surface area (Å²) in [5.74, 6) is 0. The van der Waals surface area contributed by atoms with Gasteiger partial charge in [0.2, 0.25) is 0 Å². The molecule has 2 aromatic rings. The van der Waals surface area contributed by atoms with E-state index in [0.29, 0.717) is 3.12 Å². The summed E-state index contributed by atoms with van der Waals surface area (Å²) >= 11 is -0.700. The zero-order chi connectivity index (χ0) is 14.4. The molecular weight excluding hydrogens is 402 g/mol. The zero-order valence-corrected chi connectivity index (χ0v) is 17.2. The van der Waals surface area contributed by atoms with Crippen LogP contribution in [0.3, 0.4) is 0 Å². The third kappa shape index (κ3) is 3.16. The van der Waals surface area contributed by atoms with E-state index in [0.717, 1.165) is 6.42 Å². The summed E-state index contributed by atoms with van der Waals surface area (Å²) in [5.41, 5.74) is 7.59. The van der Waals surface area contributed by atoms with Gasteiger partial charge in [-0.05, 0) is 0 Å². The molecule has 0 saturated heterocycles. The van der Waals surface area contributed by atoms with E-state index < -0.39 is 23.2 Å². The maximum atomic E-state index is 2.43. The van der Waals surface area contributed by atoms with E-state index in [1.54, 1.807) is 14.4 Å². The Labute approximate surface area is 162 Å². The Morgan fingerprint density at radius 3 is 2.43 bits per heavy atom. The maximum absolute atomic E-state index is 2.43. The normalized spacial score (nSPS) is 19.8. The van der Waals surface area contributed by atoms with E-state index in [-0.39, 0.29) is 24.8 Å². The SMILES string of the molecule is CC1=CC=C[C]1(C)[Zr+2][c]1cccc2c1Cc1ccccc1-2.[Cl-].[Cl-]. The van der Waals surface area contributed by atoms with Gasteiger partial charge in [-0.15, -0.1) is 0 Å². The van der Waals surface area contributed by atoms with Crippen LogP contribution in [0.1, 0.15) is 25.0 Å². The minimum absolute atomic E-state index is 0. The number of fused-ring (bicyclic) bond motifs is 3. The number of halogens is 2. The molecule has 1 atom stereocenters. The third-order valence-corrected chi connectivity index (χ3v) is 9.31. The predicted octanol–water partition coefficient (Wildman–Crippen LogP) is -1.33. The third-order valence-electron chi connectivity index (χ3n) is 4.84. The van der Waals surface area contributed by atoms with Crippen LogP contribution in [0, 0.1) is 0 Å². The molecule has 2 aromatic carbocycles. The smallest absolute Gasteiger partial charge is 1.00 e. The Balaban J connectivity index is 0.000000960. The van der Waals surface area contributed by atoms with E-state index in [1.807, 2.05) is 0 Å². The topological polar surface area (TPSA) is 0 Å². The fourth-order valence-electron chi connectivity index (χ4n) is 3.38. The molecule has 4 rings (SSSR count). The van der Waals surface area contributed by atoms with Crippen LogP contribution in [-0.2, 0) is 29.7 Å². The summed E-state index contributed by atoms with van der Waals surface area (Å²) in [4.78, 5) is 0.